The number of ether oxygens (including phenoxy) is 1. The summed E-state index contributed by atoms with van der Waals surface area (Å²) >= 11 is 0. The maximum Gasteiger partial charge on any atom is 0.191 e. The molecule has 1 fully saturated rings. The summed E-state index contributed by atoms with van der Waals surface area (Å²) in [7, 11) is 1.76. The van der Waals surface area contributed by atoms with Gasteiger partial charge in [0.05, 0.1) is 6.54 Å². The molecule has 0 aromatic heterocycles. The molecule has 0 saturated carbocycles. The second-order valence-corrected chi connectivity index (χ2v) is 5.61. The third-order valence-corrected chi connectivity index (χ3v) is 4.09. The molecule has 0 bridgehead atoms. The molecule has 1 aromatic carbocycles. The lowest BCUT2D eigenvalue weighted by Crippen LogP contribution is -2.45. The van der Waals surface area contributed by atoms with Crippen molar-refractivity contribution < 1.29 is 9.13 Å². The van der Waals surface area contributed by atoms with Crippen molar-refractivity contribution in [2.24, 2.45) is 4.99 Å². The normalized spacial score (nSPS) is 18.1. The number of nitrogens with one attached hydrogen (secondary N) is 2. The number of rotatable bonds is 7. The highest BCUT2D eigenvalue weighted by Gasteiger charge is 2.22. The van der Waals surface area contributed by atoms with E-state index in [9.17, 15) is 4.39 Å². The van der Waals surface area contributed by atoms with Gasteiger partial charge < -0.3 is 15.4 Å². The van der Waals surface area contributed by atoms with Crippen molar-refractivity contribution >= 4 is 29.9 Å². The van der Waals surface area contributed by atoms with E-state index in [1.165, 1.54) is 31.5 Å². The first kappa shape index (κ1) is 21.0. The first-order chi connectivity index (χ1) is 11.2. The summed E-state index contributed by atoms with van der Waals surface area (Å²) < 4.78 is 18.5. The number of hydrogen-bond acceptors (Lipinski definition) is 3. The van der Waals surface area contributed by atoms with Crippen LogP contribution < -0.4 is 15.4 Å². The number of hydrogen-bond donors (Lipinski definition) is 2. The molecule has 5 nitrogen and oxygen atoms in total. The van der Waals surface area contributed by atoms with E-state index in [0.717, 1.165) is 19.0 Å². The number of benzene rings is 1. The lowest BCUT2D eigenvalue weighted by atomic mass is 10.2. The molecule has 0 aliphatic carbocycles. The monoisotopic (exact) mass is 450 g/mol. The molecule has 0 spiro atoms. The third kappa shape index (κ3) is 6.80. The maximum atomic E-state index is 13.0. The Morgan fingerprint density at radius 1 is 1.42 bits per heavy atom. The van der Waals surface area contributed by atoms with Gasteiger partial charge in [0.25, 0.3) is 0 Å². The minimum absolute atomic E-state index is 0. The van der Waals surface area contributed by atoms with E-state index in [4.69, 9.17) is 4.74 Å². The Kier molecular flexibility index (Phi) is 10.0. The number of aliphatic imine (C=N–C) groups is 1. The van der Waals surface area contributed by atoms with Gasteiger partial charge in [-0.2, -0.15) is 0 Å². The summed E-state index contributed by atoms with van der Waals surface area (Å²) in [5, 5.41) is 6.58. The van der Waals surface area contributed by atoms with E-state index in [-0.39, 0.29) is 29.8 Å². The van der Waals surface area contributed by atoms with Gasteiger partial charge in [-0.05, 0) is 38.1 Å². The lowest BCUT2D eigenvalue weighted by Gasteiger charge is -2.24. The first-order valence-electron chi connectivity index (χ1n) is 8.30. The molecule has 1 aliphatic heterocycles. The highest BCUT2D eigenvalue weighted by Crippen LogP contribution is 2.15. The Morgan fingerprint density at radius 3 is 2.96 bits per heavy atom. The Morgan fingerprint density at radius 2 is 2.25 bits per heavy atom. The Labute approximate surface area is 161 Å². The van der Waals surface area contributed by atoms with Crippen LogP contribution in [0.4, 0.5) is 4.39 Å². The molecule has 7 heteroatoms. The molecular formula is C17H28FIN4O. The van der Waals surface area contributed by atoms with Crippen LogP contribution in [0, 0.1) is 5.82 Å². The zero-order chi connectivity index (χ0) is 16.5. The van der Waals surface area contributed by atoms with Crippen LogP contribution in [-0.2, 0) is 0 Å². The van der Waals surface area contributed by atoms with Crippen molar-refractivity contribution in [1.82, 2.24) is 15.5 Å². The largest absolute Gasteiger partial charge is 0.492 e. The van der Waals surface area contributed by atoms with Crippen molar-refractivity contribution in [1.29, 1.82) is 0 Å². The van der Waals surface area contributed by atoms with Gasteiger partial charge in [0.15, 0.2) is 5.96 Å². The summed E-state index contributed by atoms with van der Waals surface area (Å²) in [5.74, 6) is 1.03. The van der Waals surface area contributed by atoms with Crippen LogP contribution in [0.25, 0.3) is 0 Å². The molecule has 1 aliphatic rings. The van der Waals surface area contributed by atoms with Crippen LogP contribution >= 0.6 is 24.0 Å². The minimum atomic E-state index is -0.287. The van der Waals surface area contributed by atoms with E-state index in [2.05, 4.69) is 27.4 Å². The molecule has 1 atom stereocenters. The number of guanidine groups is 1. The zero-order valence-electron chi connectivity index (χ0n) is 14.4. The first-order valence-corrected chi connectivity index (χ1v) is 8.30. The molecule has 2 N–H and O–H groups in total. The molecule has 1 unspecified atom stereocenters. The Bertz CT molecular complexity index is 515. The van der Waals surface area contributed by atoms with Gasteiger partial charge in [-0.25, -0.2) is 4.39 Å². The van der Waals surface area contributed by atoms with Gasteiger partial charge in [0.1, 0.15) is 18.2 Å². The average Bonchev–Trinajstić information content (AvgIpc) is 3.02. The fourth-order valence-corrected chi connectivity index (χ4v) is 2.87. The van der Waals surface area contributed by atoms with E-state index >= 15 is 0 Å². The van der Waals surface area contributed by atoms with Crippen molar-refractivity contribution in [3.8, 4) is 5.75 Å². The number of likely N-dealkylation sites (N-methyl/N-ethyl adjacent to an activating group) is 1. The predicted octanol–water partition coefficient (Wildman–Crippen LogP) is 2.47. The van der Waals surface area contributed by atoms with Crippen LogP contribution in [0.2, 0.25) is 0 Å². The Hall–Kier alpha value is -1.09. The quantitative estimate of drug-likeness (QED) is 0.290. The molecule has 1 heterocycles. The minimum Gasteiger partial charge on any atom is -0.492 e. The van der Waals surface area contributed by atoms with Crippen LogP contribution in [0.5, 0.6) is 5.75 Å². The van der Waals surface area contributed by atoms with Gasteiger partial charge in [-0.15, -0.1) is 24.0 Å². The number of nitrogens with zero attached hydrogens (tertiary/aromatic N) is 2. The van der Waals surface area contributed by atoms with Gasteiger partial charge in [0.2, 0.25) is 0 Å². The van der Waals surface area contributed by atoms with Gasteiger partial charge in [0, 0.05) is 25.7 Å². The summed E-state index contributed by atoms with van der Waals surface area (Å²) in [6, 6.07) is 6.75. The van der Waals surface area contributed by atoms with Crippen molar-refractivity contribution in [3.05, 3.63) is 30.1 Å². The van der Waals surface area contributed by atoms with Crippen molar-refractivity contribution in [2.75, 3.05) is 39.8 Å². The number of likely N-dealkylation sites (tertiary alicyclic amines) is 1. The number of halogens is 2. The maximum absolute atomic E-state index is 13.0. The Balaban J connectivity index is 0.00000288. The van der Waals surface area contributed by atoms with E-state index in [0.29, 0.717) is 24.9 Å². The van der Waals surface area contributed by atoms with Crippen molar-refractivity contribution in [3.63, 3.8) is 0 Å². The summed E-state index contributed by atoms with van der Waals surface area (Å²) in [4.78, 5) is 6.71. The third-order valence-electron chi connectivity index (χ3n) is 4.09. The summed E-state index contributed by atoms with van der Waals surface area (Å²) in [5.41, 5.74) is 0. The van der Waals surface area contributed by atoms with Crippen LogP contribution in [0.1, 0.15) is 19.8 Å². The molecule has 1 saturated heterocycles. The fraction of sp³-hybridized carbons (Fsp3) is 0.588. The second-order valence-electron chi connectivity index (χ2n) is 5.61. The molecule has 2 rings (SSSR count). The van der Waals surface area contributed by atoms with Crippen LogP contribution in [-0.4, -0.2) is 56.7 Å². The standard InChI is InChI=1S/C17H27FN4O.HI/c1-3-22-10-5-7-15(22)13-21-17(19-2)20-9-11-23-16-8-4-6-14(18)12-16;/h4,6,8,12,15H,3,5,7,9-11,13H2,1-2H3,(H2,19,20,21);1H. The average molecular weight is 450 g/mol. The predicted molar refractivity (Wildman–Crippen MR) is 107 cm³/mol. The summed E-state index contributed by atoms with van der Waals surface area (Å²) in [6.07, 6.45) is 2.51. The van der Waals surface area contributed by atoms with Crippen LogP contribution in [0.15, 0.2) is 29.3 Å². The molecule has 0 radical (unpaired) electrons. The van der Waals surface area contributed by atoms with E-state index in [1.807, 2.05) is 0 Å². The molecule has 0 amide bonds. The SMILES string of the molecule is CCN1CCCC1CNC(=NC)NCCOc1cccc(F)c1.I. The zero-order valence-corrected chi connectivity index (χ0v) is 16.8. The fourth-order valence-electron chi connectivity index (χ4n) is 2.87. The smallest absolute Gasteiger partial charge is 0.191 e. The second kappa shape index (κ2) is 11.5. The lowest BCUT2D eigenvalue weighted by molar-refractivity contribution is 0.266. The van der Waals surface area contributed by atoms with Gasteiger partial charge >= 0.3 is 0 Å². The van der Waals surface area contributed by atoms with Gasteiger partial charge in [-0.1, -0.05) is 13.0 Å². The highest BCUT2D eigenvalue weighted by molar-refractivity contribution is 14.0. The molecule has 136 valence electrons. The van der Waals surface area contributed by atoms with E-state index < -0.39 is 0 Å². The molecular weight excluding hydrogens is 422 g/mol. The molecule has 24 heavy (non-hydrogen) atoms. The van der Waals surface area contributed by atoms with Crippen LogP contribution in [0.3, 0.4) is 0 Å². The van der Waals surface area contributed by atoms with E-state index in [1.54, 1.807) is 19.2 Å². The molecule has 1 aromatic rings. The topological polar surface area (TPSA) is 48.9 Å². The van der Waals surface area contributed by atoms with Crippen molar-refractivity contribution in [2.45, 2.75) is 25.8 Å². The highest BCUT2D eigenvalue weighted by atomic mass is 127. The summed E-state index contributed by atoms with van der Waals surface area (Å²) in [6.45, 7) is 6.45. The van der Waals surface area contributed by atoms with Gasteiger partial charge in [-0.3, -0.25) is 9.89 Å².